The second-order valence-electron chi connectivity index (χ2n) is 3.47. The summed E-state index contributed by atoms with van der Waals surface area (Å²) in [5, 5.41) is 5.56. The third-order valence-corrected chi connectivity index (χ3v) is 2.01. The molecule has 1 aliphatic rings. The van der Waals surface area contributed by atoms with Crippen LogP contribution >= 0.6 is 0 Å². The van der Waals surface area contributed by atoms with Gasteiger partial charge in [0, 0.05) is 12.6 Å². The molecule has 0 aromatic rings. The Morgan fingerprint density at radius 2 is 2.07 bits per heavy atom. The Bertz CT molecular complexity index is 227. The molecular weight excluding hydrogens is 184 g/mol. The van der Waals surface area contributed by atoms with Crippen LogP contribution in [0.2, 0.25) is 0 Å². The highest BCUT2D eigenvalue weighted by molar-refractivity contribution is 5.82. The van der Waals surface area contributed by atoms with E-state index in [4.69, 9.17) is 11.5 Å². The van der Waals surface area contributed by atoms with Crippen LogP contribution in [0.5, 0.6) is 0 Å². The van der Waals surface area contributed by atoms with Gasteiger partial charge < -0.3 is 22.1 Å². The molecule has 0 aromatic carbocycles. The minimum atomic E-state index is -0.806. The molecule has 0 aliphatic heterocycles. The predicted molar refractivity (Wildman–Crippen MR) is 51.2 cm³/mol. The van der Waals surface area contributed by atoms with Crippen molar-refractivity contribution in [2.24, 2.45) is 11.5 Å². The van der Waals surface area contributed by atoms with Gasteiger partial charge in [-0.3, -0.25) is 9.59 Å². The molecule has 6 nitrogen and oxygen atoms in total. The Labute approximate surface area is 82.4 Å². The number of nitrogens with one attached hydrogen (secondary N) is 2. The lowest BCUT2D eigenvalue weighted by molar-refractivity contribution is -0.121. The van der Waals surface area contributed by atoms with Crippen LogP contribution < -0.4 is 22.1 Å². The number of hydrogen-bond acceptors (Lipinski definition) is 4. The van der Waals surface area contributed by atoms with E-state index >= 15 is 0 Å². The quantitative estimate of drug-likeness (QED) is 0.385. The zero-order chi connectivity index (χ0) is 10.6. The molecule has 2 amide bonds. The number of hydrogen-bond donors (Lipinski definition) is 4. The summed E-state index contributed by atoms with van der Waals surface area (Å²) >= 11 is 0. The minimum Gasteiger partial charge on any atom is -0.368 e. The highest BCUT2D eigenvalue weighted by Crippen LogP contribution is 2.17. The van der Waals surface area contributed by atoms with Crippen molar-refractivity contribution in [2.75, 3.05) is 13.1 Å². The Morgan fingerprint density at radius 3 is 2.57 bits per heavy atom. The molecule has 6 N–H and O–H groups in total. The Morgan fingerprint density at radius 1 is 1.43 bits per heavy atom. The normalized spacial score (nSPS) is 17.5. The van der Waals surface area contributed by atoms with E-state index in [1.165, 1.54) is 0 Å². The second kappa shape index (κ2) is 4.92. The van der Waals surface area contributed by atoms with Crippen LogP contribution in [0.3, 0.4) is 0 Å². The van der Waals surface area contributed by atoms with Crippen molar-refractivity contribution in [3.05, 3.63) is 0 Å². The van der Waals surface area contributed by atoms with Crippen LogP contribution in [-0.4, -0.2) is 37.0 Å². The smallest absolute Gasteiger partial charge is 0.236 e. The summed E-state index contributed by atoms with van der Waals surface area (Å²) in [6, 6.07) is -0.314. The maximum absolute atomic E-state index is 11.1. The van der Waals surface area contributed by atoms with Crippen molar-refractivity contribution in [2.45, 2.75) is 24.9 Å². The average molecular weight is 200 g/mol. The Balaban J connectivity index is 2.04. The number of nitrogens with two attached hydrogens (primary N) is 2. The molecule has 0 saturated heterocycles. The third-order valence-electron chi connectivity index (χ3n) is 2.01. The van der Waals surface area contributed by atoms with Gasteiger partial charge in [0.2, 0.25) is 11.8 Å². The molecule has 0 bridgehead atoms. The fraction of sp³-hybridized carbons (Fsp3) is 0.750. The van der Waals surface area contributed by atoms with E-state index < -0.39 is 11.9 Å². The number of primary amides is 1. The molecule has 0 unspecified atom stereocenters. The average Bonchev–Trinajstić information content (AvgIpc) is 2.94. The number of carbonyl (C=O) groups is 2. The SMILES string of the molecule is NC(=O)[C@@H](N)CNC(=O)CNC1CC1. The summed E-state index contributed by atoms with van der Waals surface area (Å²) in [4.78, 5) is 21.6. The molecule has 80 valence electrons. The minimum absolute atomic E-state index is 0.0977. The largest absolute Gasteiger partial charge is 0.368 e. The van der Waals surface area contributed by atoms with E-state index in [1.807, 2.05) is 0 Å². The fourth-order valence-corrected chi connectivity index (χ4v) is 0.911. The number of carbonyl (C=O) groups excluding carboxylic acids is 2. The Kier molecular flexibility index (Phi) is 3.84. The van der Waals surface area contributed by atoms with Gasteiger partial charge in [-0.1, -0.05) is 0 Å². The van der Waals surface area contributed by atoms with Crippen molar-refractivity contribution in [3.8, 4) is 0 Å². The van der Waals surface area contributed by atoms with Gasteiger partial charge in [0.15, 0.2) is 0 Å². The van der Waals surface area contributed by atoms with Crippen LogP contribution in [-0.2, 0) is 9.59 Å². The summed E-state index contributed by atoms with van der Waals surface area (Å²) < 4.78 is 0. The van der Waals surface area contributed by atoms with Crippen LogP contribution in [0.25, 0.3) is 0 Å². The van der Waals surface area contributed by atoms with Crippen molar-refractivity contribution < 1.29 is 9.59 Å². The van der Waals surface area contributed by atoms with Crippen molar-refractivity contribution in [3.63, 3.8) is 0 Å². The first-order chi connectivity index (χ1) is 6.59. The van der Waals surface area contributed by atoms with Crippen LogP contribution in [0.1, 0.15) is 12.8 Å². The van der Waals surface area contributed by atoms with Crippen LogP contribution in [0, 0.1) is 0 Å². The molecular formula is C8H16N4O2. The molecule has 0 radical (unpaired) electrons. The first-order valence-electron chi connectivity index (χ1n) is 4.64. The van der Waals surface area contributed by atoms with Gasteiger partial charge in [-0.25, -0.2) is 0 Å². The highest BCUT2D eigenvalue weighted by Gasteiger charge is 2.21. The van der Waals surface area contributed by atoms with Gasteiger partial charge in [0.25, 0.3) is 0 Å². The van der Waals surface area contributed by atoms with E-state index in [9.17, 15) is 9.59 Å². The summed E-state index contributed by atoms with van der Waals surface area (Å²) in [7, 11) is 0. The molecule has 1 aliphatic carbocycles. The van der Waals surface area contributed by atoms with Crippen molar-refractivity contribution in [1.29, 1.82) is 0 Å². The zero-order valence-electron chi connectivity index (χ0n) is 7.95. The fourth-order valence-electron chi connectivity index (χ4n) is 0.911. The van der Waals surface area contributed by atoms with Crippen molar-refractivity contribution in [1.82, 2.24) is 10.6 Å². The van der Waals surface area contributed by atoms with Crippen LogP contribution in [0.4, 0.5) is 0 Å². The van der Waals surface area contributed by atoms with Gasteiger partial charge in [0.1, 0.15) is 6.04 Å². The lowest BCUT2D eigenvalue weighted by atomic mass is 10.3. The zero-order valence-corrected chi connectivity index (χ0v) is 7.95. The van der Waals surface area contributed by atoms with E-state index in [0.29, 0.717) is 6.04 Å². The molecule has 0 aromatic heterocycles. The summed E-state index contributed by atoms with van der Waals surface area (Å²) in [5.41, 5.74) is 10.2. The Hall–Kier alpha value is -1.14. The molecule has 1 rings (SSSR count). The lowest BCUT2D eigenvalue weighted by Gasteiger charge is -2.09. The standard InChI is InChI=1S/C8H16N4O2/c9-6(8(10)14)3-12-7(13)4-11-5-1-2-5/h5-6,11H,1-4,9H2,(H2,10,14)(H,12,13)/t6-/m0/s1. The number of amides is 2. The summed E-state index contributed by atoms with van der Waals surface area (Å²) in [5.74, 6) is -0.769. The van der Waals surface area contributed by atoms with Gasteiger partial charge >= 0.3 is 0 Å². The summed E-state index contributed by atoms with van der Waals surface area (Å²) in [6.07, 6.45) is 2.27. The monoisotopic (exact) mass is 200 g/mol. The molecule has 1 fully saturated rings. The van der Waals surface area contributed by atoms with Gasteiger partial charge in [-0.05, 0) is 12.8 Å². The van der Waals surface area contributed by atoms with E-state index in [0.717, 1.165) is 12.8 Å². The maximum Gasteiger partial charge on any atom is 0.236 e. The van der Waals surface area contributed by atoms with Crippen molar-refractivity contribution >= 4 is 11.8 Å². The lowest BCUT2D eigenvalue weighted by Crippen LogP contribution is -2.47. The van der Waals surface area contributed by atoms with E-state index in [1.54, 1.807) is 0 Å². The molecule has 1 atom stereocenters. The van der Waals surface area contributed by atoms with E-state index in [-0.39, 0.29) is 19.0 Å². The van der Waals surface area contributed by atoms with Gasteiger partial charge in [-0.2, -0.15) is 0 Å². The number of rotatable bonds is 6. The van der Waals surface area contributed by atoms with Gasteiger partial charge in [0.05, 0.1) is 6.54 Å². The molecule has 0 spiro atoms. The maximum atomic E-state index is 11.1. The summed E-state index contributed by atoms with van der Waals surface area (Å²) in [6.45, 7) is 0.372. The molecule has 6 heteroatoms. The molecule has 14 heavy (non-hydrogen) atoms. The first kappa shape index (κ1) is 10.9. The predicted octanol–water partition coefficient (Wildman–Crippen LogP) is -2.33. The highest BCUT2D eigenvalue weighted by atomic mass is 16.2. The van der Waals surface area contributed by atoms with E-state index in [2.05, 4.69) is 10.6 Å². The first-order valence-corrected chi connectivity index (χ1v) is 4.64. The van der Waals surface area contributed by atoms with Crippen LogP contribution in [0.15, 0.2) is 0 Å². The second-order valence-corrected chi connectivity index (χ2v) is 3.47. The third kappa shape index (κ3) is 4.20. The molecule has 0 heterocycles. The topological polar surface area (TPSA) is 110 Å². The van der Waals surface area contributed by atoms with Gasteiger partial charge in [-0.15, -0.1) is 0 Å². The molecule has 1 saturated carbocycles.